The van der Waals surface area contributed by atoms with Crippen molar-refractivity contribution in [2.75, 3.05) is 11.9 Å². The Morgan fingerprint density at radius 2 is 1.68 bits per heavy atom. The molecule has 0 heterocycles. The average molecular weight is 420 g/mol. The van der Waals surface area contributed by atoms with Crippen LogP contribution in [0.4, 0.5) is 10.1 Å². The molecule has 0 unspecified atom stereocenters. The zero-order valence-corrected chi connectivity index (χ0v) is 18.3. The highest BCUT2D eigenvalue weighted by atomic mass is 19.1. The van der Waals surface area contributed by atoms with E-state index in [1.807, 2.05) is 25.1 Å². The molecule has 0 radical (unpaired) electrons. The van der Waals surface area contributed by atoms with Gasteiger partial charge in [-0.05, 0) is 55.2 Å². The smallest absolute Gasteiger partial charge is 0.165 e. The largest absolute Gasteiger partial charge is 0.490 e. The van der Waals surface area contributed by atoms with Crippen molar-refractivity contribution in [3.05, 3.63) is 101 Å². The summed E-state index contributed by atoms with van der Waals surface area (Å²) in [7, 11) is 0. The van der Waals surface area contributed by atoms with Crippen LogP contribution in [0.25, 0.3) is 0 Å². The first-order valence-corrected chi connectivity index (χ1v) is 10.7. The van der Waals surface area contributed by atoms with Gasteiger partial charge in [0, 0.05) is 23.4 Å². The molecule has 0 aromatic heterocycles. The Balaban J connectivity index is 1.86. The Hall–Kier alpha value is -3.27. The molecule has 3 rings (SSSR count). The standard InChI is InChI=1S/C27H30FNO2/c1-4-11-22-16-20(18-29-25-15-10-8-12-21(25)5-2)17-26(30-6-3)27(22)31-19-23-13-7-9-14-24(23)28/h4,7-10,12-17,29H,1,5-6,11,18-19H2,2-3H3. The zero-order valence-electron chi connectivity index (χ0n) is 18.3. The lowest BCUT2D eigenvalue weighted by atomic mass is 10.0. The van der Waals surface area contributed by atoms with Crippen LogP contribution in [0.5, 0.6) is 11.5 Å². The van der Waals surface area contributed by atoms with Gasteiger partial charge in [-0.25, -0.2) is 4.39 Å². The van der Waals surface area contributed by atoms with E-state index >= 15 is 0 Å². The number of nitrogens with one attached hydrogen (secondary N) is 1. The molecule has 0 fully saturated rings. The molecule has 3 aromatic carbocycles. The van der Waals surface area contributed by atoms with E-state index in [1.165, 1.54) is 11.6 Å². The fourth-order valence-electron chi connectivity index (χ4n) is 3.52. The van der Waals surface area contributed by atoms with Crippen LogP contribution in [0.1, 0.15) is 36.1 Å². The van der Waals surface area contributed by atoms with E-state index in [2.05, 4.69) is 43.1 Å². The van der Waals surface area contributed by atoms with Gasteiger partial charge in [0.25, 0.3) is 0 Å². The summed E-state index contributed by atoms with van der Waals surface area (Å²) in [6.45, 7) is 9.28. The molecule has 0 spiro atoms. The van der Waals surface area contributed by atoms with Crippen LogP contribution in [0.3, 0.4) is 0 Å². The van der Waals surface area contributed by atoms with Crippen LogP contribution in [-0.4, -0.2) is 6.61 Å². The van der Waals surface area contributed by atoms with E-state index in [4.69, 9.17) is 9.47 Å². The predicted octanol–water partition coefficient (Wildman–Crippen LogP) is 6.71. The Bertz CT molecular complexity index is 1020. The highest BCUT2D eigenvalue weighted by Crippen LogP contribution is 2.35. The van der Waals surface area contributed by atoms with Gasteiger partial charge in [0.05, 0.1) is 6.61 Å². The van der Waals surface area contributed by atoms with Gasteiger partial charge in [0.1, 0.15) is 12.4 Å². The summed E-state index contributed by atoms with van der Waals surface area (Å²) in [5.74, 6) is 1.03. The Morgan fingerprint density at radius 3 is 2.39 bits per heavy atom. The second-order valence-corrected chi connectivity index (χ2v) is 7.25. The van der Waals surface area contributed by atoms with Crippen LogP contribution >= 0.6 is 0 Å². The fourth-order valence-corrected chi connectivity index (χ4v) is 3.52. The third-order valence-corrected chi connectivity index (χ3v) is 5.07. The van der Waals surface area contributed by atoms with Crippen molar-refractivity contribution in [1.29, 1.82) is 0 Å². The Morgan fingerprint density at radius 1 is 0.935 bits per heavy atom. The summed E-state index contributed by atoms with van der Waals surface area (Å²) in [6, 6.07) is 19.1. The molecule has 0 atom stereocenters. The minimum atomic E-state index is -0.277. The first kappa shape index (κ1) is 22.4. The summed E-state index contributed by atoms with van der Waals surface area (Å²) in [5, 5.41) is 3.53. The van der Waals surface area contributed by atoms with Gasteiger partial charge in [0.2, 0.25) is 0 Å². The second kappa shape index (κ2) is 11.2. The quantitative estimate of drug-likeness (QED) is 0.351. The van der Waals surface area contributed by atoms with E-state index < -0.39 is 0 Å². The summed E-state index contributed by atoms with van der Waals surface area (Å²) in [6.07, 6.45) is 3.44. The maximum atomic E-state index is 14.0. The average Bonchev–Trinajstić information content (AvgIpc) is 2.78. The number of ether oxygens (including phenoxy) is 2. The highest BCUT2D eigenvalue weighted by molar-refractivity contribution is 5.54. The molecule has 0 aliphatic carbocycles. The molecular formula is C27H30FNO2. The highest BCUT2D eigenvalue weighted by Gasteiger charge is 2.15. The summed E-state index contributed by atoms with van der Waals surface area (Å²) < 4.78 is 26.0. The Labute approximate surface area is 184 Å². The number of allylic oxidation sites excluding steroid dienone is 1. The van der Waals surface area contributed by atoms with Gasteiger partial charge in [-0.15, -0.1) is 6.58 Å². The third-order valence-electron chi connectivity index (χ3n) is 5.07. The van der Waals surface area contributed by atoms with Crippen LogP contribution < -0.4 is 14.8 Å². The van der Waals surface area contributed by atoms with E-state index in [0.717, 1.165) is 23.2 Å². The SMILES string of the molecule is C=CCc1cc(CNc2ccccc2CC)cc(OCC)c1OCc1ccccc1F. The number of halogens is 1. The molecule has 0 saturated heterocycles. The minimum absolute atomic E-state index is 0.137. The fraction of sp³-hybridized carbons (Fsp3) is 0.259. The number of anilines is 1. The van der Waals surface area contributed by atoms with Gasteiger partial charge >= 0.3 is 0 Å². The maximum Gasteiger partial charge on any atom is 0.165 e. The summed E-state index contributed by atoms with van der Waals surface area (Å²) >= 11 is 0. The first-order valence-electron chi connectivity index (χ1n) is 10.7. The molecule has 0 aliphatic heterocycles. The number of hydrogen-bond acceptors (Lipinski definition) is 3. The third kappa shape index (κ3) is 5.88. The van der Waals surface area contributed by atoms with E-state index in [0.29, 0.717) is 36.6 Å². The number of aryl methyl sites for hydroxylation is 1. The number of rotatable bonds is 11. The van der Waals surface area contributed by atoms with Crippen molar-refractivity contribution in [1.82, 2.24) is 0 Å². The monoisotopic (exact) mass is 419 g/mol. The second-order valence-electron chi connectivity index (χ2n) is 7.25. The van der Waals surface area contributed by atoms with Gasteiger partial charge in [-0.2, -0.15) is 0 Å². The Kier molecular flexibility index (Phi) is 8.11. The molecule has 0 saturated carbocycles. The predicted molar refractivity (Wildman–Crippen MR) is 125 cm³/mol. The van der Waals surface area contributed by atoms with Crippen molar-refractivity contribution in [2.45, 2.75) is 39.8 Å². The lowest BCUT2D eigenvalue weighted by molar-refractivity contribution is 0.263. The van der Waals surface area contributed by atoms with Crippen molar-refractivity contribution >= 4 is 5.69 Å². The number of para-hydroxylation sites is 1. The van der Waals surface area contributed by atoms with Gasteiger partial charge in [-0.1, -0.05) is 49.4 Å². The van der Waals surface area contributed by atoms with E-state index in [-0.39, 0.29) is 12.4 Å². The molecule has 162 valence electrons. The van der Waals surface area contributed by atoms with Crippen LogP contribution in [-0.2, 0) is 26.0 Å². The minimum Gasteiger partial charge on any atom is -0.490 e. The van der Waals surface area contributed by atoms with Gasteiger partial charge < -0.3 is 14.8 Å². The van der Waals surface area contributed by atoms with E-state index in [9.17, 15) is 4.39 Å². The number of benzene rings is 3. The summed E-state index contributed by atoms with van der Waals surface area (Å²) in [4.78, 5) is 0. The lowest BCUT2D eigenvalue weighted by Crippen LogP contribution is -2.07. The molecule has 0 amide bonds. The topological polar surface area (TPSA) is 30.5 Å². The van der Waals surface area contributed by atoms with Gasteiger partial charge in [0.15, 0.2) is 11.5 Å². The molecule has 31 heavy (non-hydrogen) atoms. The van der Waals surface area contributed by atoms with Crippen molar-refractivity contribution in [2.24, 2.45) is 0 Å². The van der Waals surface area contributed by atoms with Crippen molar-refractivity contribution in [3.63, 3.8) is 0 Å². The molecular weight excluding hydrogens is 389 g/mol. The molecule has 3 nitrogen and oxygen atoms in total. The molecule has 4 heteroatoms. The molecule has 0 aliphatic rings. The van der Waals surface area contributed by atoms with E-state index in [1.54, 1.807) is 18.2 Å². The normalized spacial score (nSPS) is 10.5. The first-order chi connectivity index (χ1) is 15.2. The molecule has 0 bridgehead atoms. The molecule has 1 N–H and O–H groups in total. The van der Waals surface area contributed by atoms with Crippen molar-refractivity contribution in [3.8, 4) is 11.5 Å². The van der Waals surface area contributed by atoms with Crippen LogP contribution in [0.2, 0.25) is 0 Å². The van der Waals surface area contributed by atoms with Gasteiger partial charge in [-0.3, -0.25) is 0 Å². The zero-order chi connectivity index (χ0) is 22.1. The van der Waals surface area contributed by atoms with Crippen LogP contribution in [0, 0.1) is 5.82 Å². The molecule has 3 aromatic rings. The summed E-state index contributed by atoms with van der Waals surface area (Å²) in [5.41, 5.74) is 4.98. The van der Waals surface area contributed by atoms with Crippen LogP contribution in [0.15, 0.2) is 73.3 Å². The number of hydrogen-bond donors (Lipinski definition) is 1. The lowest BCUT2D eigenvalue weighted by Gasteiger charge is -2.18. The maximum absolute atomic E-state index is 14.0. The van der Waals surface area contributed by atoms with Crippen molar-refractivity contribution < 1.29 is 13.9 Å².